The van der Waals surface area contributed by atoms with Crippen LogP contribution < -0.4 is 9.47 Å². The number of benzene rings is 2. The lowest BCUT2D eigenvalue weighted by atomic mass is 10.1. The van der Waals surface area contributed by atoms with Crippen LogP contribution >= 0.6 is 0 Å². The topological polar surface area (TPSA) is 35.5 Å². The summed E-state index contributed by atoms with van der Waals surface area (Å²) in [6.45, 7) is 0. The van der Waals surface area contributed by atoms with E-state index in [9.17, 15) is 9.18 Å². The molecule has 0 heterocycles. The van der Waals surface area contributed by atoms with Gasteiger partial charge in [-0.05, 0) is 23.8 Å². The van der Waals surface area contributed by atoms with E-state index in [1.807, 2.05) is 0 Å². The molecule has 0 unspecified atom stereocenters. The maximum Gasteiger partial charge on any atom is 0.315 e. The highest BCUT2D eigenvalue weighted by molar-refractivity contribution is 5.76. The Morgan fingerprint density at radius 3 is 2.37 bits per heavy atom. The van der Waals surface area contributed by atoms with E-state index in [2.05, 4.69) is 0 Å². The molecule has 2 aromatic carbocycles. The maximum absolute atomic E-state index is 13.4. The molecule has 19 heavy (non-hydrogen) atoms. The zero-order valence-corrected chi connectivity index (χ0v) is 10.4. The minimum Gasteiger partial charge on any atom is -0.493 e. The van der Waals surface area contributed by atoms with Gasteiger partial charge in [0.05, 0.1) is 13.5 Å². The molecule has 0 aliphatic rings. The highest BCUT2D eigenvalue weighted by Crippen LogP contribution is 2.26. The Morgan fingerprint density at radius 2 is 1.68 bits per heavy atom. The summed E-state index contributed by atoms with van der Waals surface area (Å²) >= 11 is 0. The number of carbonyl (C=O) groups is 1. The number of hydrogen-bond donors (Lipinski definition) is 0. The SMILES string of the molecule is COc1ccccc1OC(=O)Cc1ccccc1F. The summed E-state index contributed by atoms with van der Waals surface area (Å²) in [5, 5.41) is 0. The molecule has 0 N–H and O–H groups in total. The average molecular weight is 260 g/mol. The second-order valence-corrected chi connectivity index (χ2v) is 3.89. The van der Waals surface area contributed by atoms with Crippen molar-refractivity contribution in [2.45, 2.75) is 6.42 Å². The summed E-state index contributed by atoms with van der Waals surface area (Å²) in [7, 11) is 1.49. The van der Waals surface area contributed by atoms with Crippen LogP contribution in [0, 0.1) is 5.82 Å². The summed E-state index contributed by atoms with van der Waals surface area (Å²) < 4.78 is 23.6. The van der Waals surface area contributed by atoms with Gasteiger partial charge in [-0.2, -0.15) is 0 Å². The van der Waals surface area contributed by atoms with E-state index in [1.165, 1.54) is 13.2 Å². The summed E-state index contributed by atoms with van der Waals surface area (Å²) in [6, 6.07) is 12.9. The number of para-hydroxylation sites is 2. The molecule has 3 nitrogen and oxygen atoms in total. The molecule has 0 spiro atoms. The molecule has 0 aromatic heterocycles. The summed E-state index contributed by atoms with van der Waals surface area (Å²) in [5.74, 6) is -0.162. The summed E-state index contributed by atoms with van der Waals surface area (Å²) in [6.07, 6.45) is -0.120. The van der Waals surface area contributed by atoms with Gasteiger partial charge in [-0.25, -0.2) is 4.39 Å². The first kappa shape index (κ1) is 13.1. The van der Waals surface area contributed by atoms with Crippen molar-refractivity contribution >= 4 is 5.97 Å². The van der Waals surface area contributed by atoms with Gasteiger partial charge in [-0.1, -0.05) is 30.3 Å². The maximum atomic E-state index is 13.4. The van der Waals surface area contributed by atoms with Crippen molar-refractivity contribution in [3.05, 3.63) is 59.9 Å². The zero-order valence-electron chi connectivity index (χ0n) is 10.4. The van der Waals surface area contributed by atoms with Crippen LogP contribution in [0.3, 0.4) is 0 Å². The van der Waals surface area contributed by atoms with Crippen LogP contribution in [0.2, 0.25) is 0 Å². The minimum absolute atomic E-state index is 0.120. The molecule has 0 amide bonds. The molecule has 0 saturated carbocycles. The molecule has 0 aliphatic heterocycles. The van der Waals surface area contributed by atoms with E-state index in [-0.39, 0.29) is 6.42 Å². The fourth-order valence-electron chi connectivity index (χ4n) is 1.66. The summed E-state index contributed by atoms with van der Waals surface area (Å²) in [4.78, 5) is 11.8. The molecule has 0 fully saturated rings. The molecule has 0 aliphatic carbocycles. The van der Waals surface area contributed by atoms with Gasteiger partial charge in [-0.3, -0.25) is 4.79 Å². The van der Waals surface area contributed by atoms with Crippen molar-refractivity contribution in [3.63, 3.8) is 0 Å². The third-order valence-electron chi connectivity index (χ3n) is 2.59. The largest absolute Gasteiger partial charge is 0.493 e. The van der Waals surface area contributed by atoms with Gasteiger partial charge >= 0.3 is 5.97 Å². The standard InChI is InChI=1S/C15H13FO3/c1-18-13-8-4-5-9-14(13)19-15(17)10-11-6-2-3-7-12(11)16/h2-9H,10H2,1H3. The third-order valence-corrected chi connectivity index (χ3v) is 2.59. The fraction of sp³-hybridized carbons (Fsp3) is 0.133. The predicted molar refractivity (Wildman–Crippen MR) is 68.7 cm³/mol. The fourth-order valence-corrected chi connectivity index (χ4v) is 1.66. The molecule has 98 valence electrons. The second-order valence-electron chi connectivity index (χ2n) is 3.89. The molecule has 2 rings (SSSR count). The van der Waals surface area contributed by atoms with Gasteiger partial charge in [0.2, 0.25) is 0 Å². The Balaban J connectivity index is 2.08. The lowest BCUT2D eigenvalue weighted by Gasteiger charge is -2.08. The van der Waals surface area contributed by atoms with Crippen molar-refractivity contribution in [1.82, 2.24) is 0 Å². The Labute approximate surface area is 110 Å². The Bertz CT molecular complexity index is 581. The van der Waals surface area contributed by atoms with E-state index in [0.717, 1.165) is 0 Å². The Morgan fingerprint density at radius 1 is 1.05 bits per heavy atom. The first-order chi connectivity index (χ1) is 9.20. The summed E-state index contributed by atoms with van der Waals surface area (Å²) in [5.41, 5.74) is 0.308. The average Bonchev–Trinajstić information content (AvgIpc) is 2.42. The first-order valence-corrected chi connectivity index (χ1v) is 5.78. The quantitative estimate of drug-likeness (QED) is 0.626. The van der Waals surface area contributed by atoms with E-state index < -0.39 is 11.8 Å². The highest BCUT2D eigenvalue weighted by Gasteiger charge is 2.12. The Kier molecular flexibility index (Phi) is 4.13. The Hall–Kier alpha value is -2.36. The zero-order chi connectivity index (χ0) is 13.7. The smallest absolute Gasteiger partial charge is 0.315 e. The van der Waals surface area contributed by atoms with Gasteiger partial charge in [0, 0.05) is 0 Å². The molecule has 2 aromatic rings. The van der Waals surface area contributed by atoms with Crippen molar-refractivity contribution in [1.29, 1.82) is 0 Å². The van der Waals surface area contributed by atoms with E-state index in [4.69, 9.17) is 9.47 Å². The van der Waals surface area contributed by atoms with Crippen LogP contribution in [0.4, 0.5) is 4.39 Å². The second kappa shape index (κ2) is 6.00. The molecule has 4 heteroatoms. The van der Waals surface area contributed by atoms with Crippen molar-refractivity contribution in [2.24, 2.45) is 0 Å². The highest BCUT2D eigenvalue weighted by atomic mass is 19.1. The van der Waals surface area contributed by atoms with E-state index in [1.54, 1.807) is 42.5 Å². The van der Waals surface area contributed by atoms with Crippen LogP contribution in [-0.4, -0.2) is 13.1 Å². The molecule has 0 bridgehead atoms. The van der Waals surface area contributed by atoms with Crippen molar-refractivity contribution in [2.75, 3.05) is 7.11 Å². The number of carbonyl (C=O) groups excluding carboxylic acids is 1. The van der Waals surface area contributed by atoms with Crippen molar-refractivity contribution in [3.8, 4) is 11.5 Å². The van der Waals surface area contributed by atoms with Crippen LogP contribution in [0.15, 0.2) is 48.5 Å². The van der Waals surface area contributed by atoms with Crippen LogP contribution in [0.1, 0.15) is 5.56 Å². The predicted octanol–water partition coefficient (Wildman–Crippen LogP) is 2.98. The van der Waals surface area contributed by atoms with Crippen molar-refractivity contribution < 1.29 is 18.7 Å². The van der Waals surface area contributed by atoms with E-state index >= 15 is 0 Å². The normalized spacial score (nSPS) is 10.0. The third kappa shape index (κ3) is 3.31. The number of hydrogen-bond acceptors (Lipinski definition) is 3. The molecular formula is C15H13FO3. The number of esters is 1. The van der Waals surface area contributed by atoms with Gasteiger partial charge in [0.15, 0.2) is 11.5 Å². The van der Waals surface area contributed by atoms with Crippen LogP contribution in [0.5, 0.6) is 11.5 Å². The molecular weight excluding hydrogens is 247 g/mol. The lowest BCUT2D eigenvalue weighted by molar-refractivity contribution is -0.133. The van der Waals surface area contributed by atoms with E-state index in [0.29, 0.717) is 17.1 Å². The number of rotatable bonds is 4. The van der Waals surface area contributed by atoms with Crippen LogP contribution in [-0.2, 0) is 11.2 Å². The van der Waals surface area contributed by atoms with Gasteiger partial charge < -0.3 is 9.47 Å². The number of ether oxygens (including phenoxy) is 2. The molecule has 0 saturated heterocycles. The van der Waals surface area contributed by atoms with Gasteiger partial charge in [0.1, 0.15) is 5.82 Å². The lowest BCUT2D eigenvalue weighted by Crippen LogP contribution is -2.12. The van der Waals surface area contributed by atoms with Crippen LogP contribution in [0.25, 0.3) is 0 Å². The van der Waals surface area contributed by atoms with Gasteiger partial charge in [-0.15, -0.1) is 0 Å². The minimum atomic E-state index is -0.533. The molecule has 0 radical (unpaired) electrons. The van der Waals surface area contributed by atoms with Gasteiger partial charge in [0.25, 0.3) is 0 Å². The number of methoxy groups -OCH3 is 1. The number of halogens is 1. The first-order valence-electron chi connectivity index (χ1n) is 5.78. The molecule has 0 atom stereocenters. The monoisotopic (exact) mass is 260 g/mol.